The SMILES string of the molecule is C=C=C(CCC(C)CC)CCC(C)C(C)CC1CC(C(=C)C)C1. The molecule has 1 saturated carbocycles. The second kappa shape index (κ2) is 10.2. The van der Waals surface area contributed by atoms with Crippen molar-refractivity contribution in [2.45, 2.75) is 86.0 Å². The zero-order valence-electron chi connectivity index (χ0n) is 16.5. The summed E-state index contributed by atoms with van der Waals surface area (Å²) in [7, 11) is 0. The molecule has 0 heterocycles. The van der Waals surface area contributed by atoms with E-state index in [0.29, 0.717) is 0 Å². The van der Waals surface area contributed by atoms with E-state index in [4.69, 9.17) is 0 Å². The predicted molar refractivity (Wildman–Crippen MR) is 105 cm³/mol. The first-order valence-electron chi connectivity index (χ1n) is 9.90. The van der Waals surface area contributed by atoms with E-state index in [0.717, 1.165) is 29.6 Å². The van der Waals surface area contributed by atoms with Gasteiger partial charge in [0.1, 0.15) is 0 Å². The Morgan fingerprint density at radius 1 is 1.09 bits per heavy atom. The van der Waals surface area contributed by atoms with Crippen LogP contribution >= 0.6 is 0 Å². The first-order chi connectivity index (χ1) is 10.9. The molecule has 0 bridgehead atoms. The van der Waals surface area contributed by atoms with Gasteiger partial charge < -0.3 is 0 Å². The minimum atomic E-state index is 0.811. The van der Waals surface area contributed by atoms with Gasteiger partial charge in [0, 0.05) is 0 Å². The minimum absolute atomic E-state index is 0.811. The van der Waals surface area contributed by atoms with Crippen LogP contribution in [0.5, 0.6) is 0 Å². The van der Waals surface area contributed by atoms with Crippen molar-refractivity contribution >= 4 is 0 Å². The Balaban J connectivity index is 2.25. The Kier molecular flexibility index (Phi) is 9.00. The van der Waals surface area contributed by atoms with Crippen molar-refractivity contribution in [2.75, 3.05) is 0 Å². The van der Waals surface area contributed by atoms with Gasteiger partial charge in [-0.2, -0.15) is 0 Å². The lowest BCUT2D eigenvalue weighted by Gasteiger charge is -2.38. The molecular formula is C23H40. The fourth-order valence-electron chi connectivity index (χ4n) is 3.70. The van der Waals surface area contributed by atoms with Gasteiger partial charge in [0.15, 0.2) is 0 Å². The second-order valence-electron chi connectivity index (χ2n) is 8.44. The molecule has 0 aliphatic heterocycles. The van der Waals surface area contributed by atoms with Crippen LogP contribution in [0.15, 0.2) is 30.0 Å². The molecule has 1 aliphatic rings. The van der Waals surface area contributed by atoms with Crippen LogP contribution in [-0.4, -0.2) is 0 Å². The van der Waals surface area contributed by atoms with Crippen LogP contribution in [0.3, 0.4) is 0 Å². The molecule has 0 amide bonds. The summed E-state index contributed by atoms with van der Waals surface area (Å²) >= 11 is 0. The second-order valence-corrected chi connectivity index (χ2v) is 8.44. The highest BCUT2D eigenvalue weighted by atomic mass is 14.4. The van der Waals surface area contributed by atoms with Gasteiger partial charge in [-0.25, -0.2) is 0 Å². The van der Waals surface area contributed by atoms with Gasteiger partial charge in [0.25, 0.3) is 0 Å². The fraction of sp³-hybridized carbons (Fsp3) is 0.783. The molecule has 1 aliphatic carbocycles. The molecule has 0 heteroatoms. The highest BCUT2D eigenvalue weighted by Crippen LogP contribution is 2.42. The van der Waals surface area contributed by atoms with E-state index in [9.17, 15) is 0 Å². The molecule has 1 fully saturated rings. The third kappa shape index (κ3) is 7.13. The Hall–Kier alpha value is -0.740. The number of rotatable bonds is 11. The zero-order chi connectivity index (χ0) is 17.4. The summed E-state index contributed by atoms with van der Waals surface area (Å²) in [6.45, 7) is 19.7. The molecule has 3 atom stereocenters. The molecule has 3 unspecified atom stereocenters. The van der Waals surface area contributed by atoms with Gasteiger partial charge in [0.2, 0.25) is 0 Å². The van der Waals surface area contributed by atoms with E-state index in [1.54, 1.807) is 0 Å². The van der Waals surface area contributed by atoms with E-state index < -0.39 is 0 Å². The Bertz CT molecular complexity index is 404. The first-order valence-corrected chi connectivity index (χ1v) is 9.90. The molecular weight excluding hydrogens is 276 g/mol. The summed E-state index contributed by atoms with van der Waals surface area (Å²) in [5.74, 6) is 4.25. The quantitative estimate of drug-likeness (QED) is 0.272. The van der Waals surface area contributed by atoms with E-state index in [1.807, 2.05) is 0 Å². The van der Waals surface area contributed by atoms with Crippen molar-refractivity contribution < 1.29 is 0 Å². The van der Waals surface area contributed by atoms with Crippen molar-refractivity contribution in [1.29, 1.82) is 0 Å². The molecule has 132 valence electrons. The molecule has 0 saturated heterocycles. The third-order valence-corrected chi connectivity index (χ3v) is 6.40. The highest BCUT2D eigenvalue weighted by molar-refractivity contribution is 5.03. The maximum absolute atomic E-state index is 4.10. The van der Waals surface area contributed by atoms with Gasteiger partial charge in [-0.3, -0.25) is 0 Å². The molecule has 0 aromatic carbocycles. The molecule has 0 nitrogen and oxygen atoms in total. The molecule has 0 N–H and O–H groups in total. The van der Waals surface area contributed by atoms with Crippen molar-refractivity contribution in [1.82, 2.24) is 0 Å². The van der Waals surface area contributed by atoms with Gasteiger partial charge in [-0.1, -0.05) is 52.8 Å². The first kappa shape index (κ1) is 20.3. The summed E-state index contributed by atoms with van der Waals surface area (Å²) in [6, 6.07) is 0. The lowest BCUT2D eigenvalue weighted by molar-refractivity contribution is 0.167. The van der Waals surface area contributed by atoms with Gasteiger partial charge in [-0.15, -0.1) is 5.73 Å². The van der Waals surface area contributed by atoms with E-state index >= 15 is 0 Å². The van der Waals surface area contributed by atoms with Crippen molar-refractivity contribution in [3.63, 3.8) is 0 Å². The van der Waals surface area contributed by atoms with Crippen molar-refractivity contribution in [2.24, 2.45) is 29.6 Å². The minimum Gasteiger partial charge on any atom is -0.130 e. The van der Waals surface area contributed by atoms with Gasteiger partial charge in [0.05, 0.1) is 0 Å². The Labute approximate surface area is 146 Å². The molecule has 0 aromatic rings. The van der Waals surface area contributed by atoms with E-state index in [1.165, 1.54) is 62.5 Å². The Morgan fingerprint density at radius 2 is 1.70 bits per heavy atom. The average molecular weight is 317 g/mol. The van der Waals surface area contributed by atoms with Crippen LogP contribution in [0.1, 0.15) is 86.0 Å². The number of allylic oxidation sites excluding steroid dienone is 2. The topological polar surface area (TPSA) is 0 Å². The maximum atomic E-state index is 4.10. The van der Waals surface area contributed by atoms with Crippen LogP contribution in [-0.2, 0) is 0 Å². The van der Waals surface area contributed by atoms with Crippen LogP contribution in [0.25, 0.3) is 0 Å². The summed E-state index contributed by atoms with van der Waals surface area (Å²) in [6.07, 6.45) is 10.5. The summed E-state index contributed by atoms with van der Waals surface area (Å²) in [4.78, 5) is 0. The monoisotopic (exact) mass is 316 g/mol. The molecule has 23 heavy (non-hydrogen) atoms. The zero-order valence-corrected chi connectivity index (χ0v) is 16.5. The largest absolute Gasteiger partial charge is 0.130 e. The lowest BCUT2D eigenvalue weighted by atomic mass is 9.67. The summed E-state index contributed by atoms with van der Waals surface area (Å²) < 4.78 is 0. The van der Waals surface area contributed by atoms with E-state index in [2.05, 4.69) is 53.5 Å². The third-order valence-electron chi connectivity index (χ3n) is 6.40. The van der Waals surface area contributed by atoms with Crippen molar-refractivity contribution in [3.8, 4) is 0 Å². The standard InChI is InChI=1S/C23H40/c1-8-18(5)10-12-21(9-2)13-11-19(6)20(7)14-22-15-23(16-22)17(3)4/h18-20,22-23H,2-3,8,10-16H2,1,4-7H3. The normalized spacial score (nSPS) is 24.2. The number of hydrogen-bond acceptors (Lipinski definition) is 0. The molecule has 0 aromatic heterocycles. The van der Waals surface area contributed by atoms with Crippen LogP contribution in [0.2, 0.25) is 0 Å². The molecule has 0 radical (unpaired) electrons. The van der Waals surface area contributed by atoms with Crippen molar-refractivity contribution in [3.05, 3.63) is 30.0 Å². The maximum Gasteiger partial charge on any atom is -0.0203 e. The van der Waals surface area contributed by atoms with Crippen LogP contribution in [0.4, 0.5) is 0 Å². The smallest absolute Gasteiger partial charge is 0.0203 e. The van der Waals surface area contributed by atoms with Gasteiger partial charge in [-0.05, 0) is 87.0 Å². The van der Waals surface area contributed by atoms with Gasteiger partial charge >= 0.3 is 0 Å². The molecule has 0 spiro atoms. The highest BCUT2D eigenvalue weighted by Gasteiger charge is 2.31. The number of hydrogen-bond donors (Lipinski definition) is 0. The summed E-state index contributed by atoms with van der Waals surface area (Å²) in [5.41, 5.74) is 6.06. The average Bonchev–Trinajstić information content (AvgIpc) is 2.49. The lowest BCUT2D eigenvalue weighted by Crippen LogP contribution is -2.27. The molecule has 1 rings (SSSR count). The van der Waals surface area contributed by atoms with Crippen LogP contribution in [0, 0.1) is 29.6 Å². The van der Waals surface area contributed by atoms with Crippen LogP contribution < -0.4 is 0 Å². The summed E-state index contributed by atoms with van der Waals surface area (Å²) in [5, 5.41) is 0. The Morgan fingerprint density at radius 3 is 2.22 bits per heavy atom. The predicted octanol–water partition coefficient (Wildman–Crippen LogP) is 7.57. The van der Waals surface area contributed by atoms with E-state index in [-0.39, 0.29) is 0 Å². The fourth-order valence-corrected chi connectivity index (χ4v) is 3.70.